The summed E-state index contributed by atoms with van der Waals surface area (Å²) in [5, 5.41) is 6.27. The zero-order chi connectivity index (χ0) is 18.1. The molecule has 1 heterocycles. The second-order valence-corrected chi connectivity index (χ2v) is 7.49. The number of nitrogens with one attached hydrogen (secondary N) is 1. The highest BCUT2D eigenvalue weighted by Crippen LogP contribution is 2.33. The summed E-state index contributed by atoms with van der Waals surface area (Å²) < 4.78 is 1.12. The van der Waals surface area contributed by atoms with Gasteiger partial charge in [-0.2, -0.15) is 0 Å². The first-order valence-corrected chi connectivity index (χ1v) is 9.44. The molecule has 4 rings (SSSR count). The van der Waals surface area contributed by atoms with Gasteiger partial charge in [0.25, 0.3) is 5.91 Å². The van der Waals surface area contributed by atoms with Crippen molar-refractivity contribution in [3.05, 3.63) is 88.8 Å². The Hall–Kier alpha value is -2.91. The second-order valence-electron chi connectivity index (χ2n) is 6.55. The molecule has 0 aliphatic carbocycles. The SMILES string of the molecule is Cc1ccc(-c2cc(C(=O)Nc3cccc(C)c3)cc3sccc23)cc1. The molecule has 1 aromatic heterocycles. The molecular formula is C23H19NOS. The standard InChI is InChI=1S/C23H19NOS/c1-15-6-8-17(9-7-15)21-13-18(14-22-20(21)10-11-26-22)23(25)24-19-5-3-4-16(2)12-19/h3-14H,1-2H3,(H,24,25). The fraction of sp³-hybridized carbons (Fsp3) is 0.0870. The van der Waals surface area contributed by atoms with Crippen LogP contribution in [0.25, 0.3) is 21.2 Å². The summed E-state index contributed by atoms with van der Waals surface area (Å²) in [6.45, 7) is 4.10. The predicted molar refractivity (Wildman–Crippen MR) is 111 cm³/mol. The van der Waals surface area contributed by atoms with Gasteiger partial charge in [-0.15, -0.1) is 11.3 Å². The van der Waals surface area contributed by atoms with Crippen LogP contribution in [0.2, 0.25) is 0 Å². The number of fused-ring (bicyclic) bond motifs is 1. The van der Waals surface area contributed by atoms with Crippen molar-refractivity contribution in [3.63, 3.8) is 0 Å². The Kier molecular flexibility index (Phi) is 4.31. The van der Waals surface area contributed by atoms with E-state index in [1.165, 1.54) is 10.9 Å². The lowest BCUT2D eigenvalue weighted by atomic mass is 9.98. The largest absolute Gasteiger partial charge is 0.322 e. The third-order valence-electron chi connectivity index (χ3n) is 4.47. The van der Waals surface area contributed by atoms with Crippen molar-refractivity contribution in [2.75, 3.05) is 5.32 Å². The lowest BCUT2D eigenvalue weighted by Gasteiger charge is -2.10. The Bertz CT molecular complexity index is 1090. The molecule has 1 amide bonds. The van der Waals surface area contributed by atoms with E-state index in [0.717, 1.165) is 27.1 Å². The third-order valence-corrected chi connectivity index (χ3v) is 5.34. The average Bonchev–Trinajstić information content (AvgIpc) is 3.10. The van der Waals surface area contributed by atoms with Gasteiger partial charge < -0.3 is 5.32 Å². The first-order valence-electron chi connectivity index (χ1n) is 8.56. The number of hydrogen-bond donors (Lipinski definition) is 1. The first kappa shape index (κ1) is 16.6. The van der Waals surface area contributed by atoms with Crippen molar-refractivity contribution < 1.29 is 4.79 Å². The minimum atomic E-state index is -0.0840. The van der Waals surface area contributed by atoms with E-state index in [-0.39, 0.29) is 5.91 Å². The number of carbonyl (C=O) groups is 1. The molecule has 3 heteroatoms. The van der Waals surface area contributed by atoms with Crippen molar-refractivity contribution in [2.45, 2.75) is 13.8 Å². The van der Waals surface area contributed by atoms with Crippen molar-refractivity contribution in [3.8, 4) is 11.1 Å². The van der Waals surface area contributed by atoms with Crippen molar-refractivity contribution >= 4 is 33.0 Å². The highest BCUT2D eigenvalue weighted by Gasteiger charge is 2.13. The Labute approximate surface area is 157 Å². The average molecular weight is 357 g/mol. The van der Waals surface area contributed by atoms with Gasteiger partial charge in [0.15, 0.2) is 0 Å². The van der Waals surface area contributed by atoms with Gasteiger partial charge in [-0.05, 0) is 66.2 Å². The number of carbonyl (C=O) groups excluding carboxylic acids is 1. The summed E-state index contributed by atoms with van der Waals surface area (Å²) >= 11 is 1.66. The third kappa shape index (κ3) is 3.26. The highest BCUT2D eigenvalue weighted by atomic mass is 32.1. The van der Waals surface area contributed by atoms with E-state index in [4.69, 9.17) is 0 Å². The first-order chi connectivity index (χ1) is 12.6. The van der Waals surface area contributed by atoms with Crippen LogP contribution >= 0.6 is 11.3 Å². The van der Waals surface area contributed by atoms with Gasteiger partial charge in [-0.1, -0.05) is 42.0 Å². The maximum Gasteiger partial charge on any atom is 0.255 e. The molecule has 0 bridgehead atoms. The van der Waals surface area contributed by atoms with E-state index in [1.54, 1.807) is 11.3 Å². The molecule has 0 unspecified atom stereocenters. The summed E-state index contributed by atoms with van der Waals surface area (Å²) in [6.07, 6.45) is 0. The van der Waals surface area contributed by atoms with Crippen LogP contribution in [0, 0.1) is 13.8 Å². The van der Waals surface area contributed by atoms with E-state index in [0.29, 0.717) is 5.56 Å². The number of thiophene rings is 1. The van der Waals surface area contributed by atoms with Gasteiger partial charge in [-0.3, -0.25) is 4.79 Å². The maximum atomic E-state index is 12.8. The van der Waals surface area contributed by atoms with Gasteiger partial charge in [0.2, 0.25) is 0 Å². The molecule has 2 nitrogen and oxygen atoms in total. The van der Waals surface area contributed by atoms with E-state index in [9.17, 15) is 4.79 Å². The van der Waals surface area contributed by atoms with Crippen LogP contribution in [0.1, 0.15) is 21.5 Å². The van der Waals surface area contributed by atoms with Gasteiger partial charge in [0.1, 0.15) is 0 Å². The fourth-order valence-electron chi connectivity index (χ4n) is 3.10. The summed E-state index contributed by atoms with van der Waals surface area (Å²) in [6, 6.07) is 22.4. The molecule has 0 aliphatic rings. The molecule has 128 valence electrons. The zero-order valence-corrected chi connectivity index (χ0v) is 15.6. The van der Waals surface area contributed by atoms with Gasteiger partial charge >= 0.3 is 0 Å². The minimum Gasteiger partial charge on any atom is -0.322 e. The number of aryl methyl sites for hydroxylation is 2. The van der Waals surface area contributed by atoms with Gasteiger partial charge in [0.05, 0.1) is 0 Å². The Morgan fingerprint density at radius 1 is 0.885 bits per heavy atom. The molecule has 0 fully saturated rings. The maximum absolute atomic E-state index is 12.8. The smallest absolute Gasteiger partial charge is 0.255 e. The molecule has 0 saturated heterocycles. The molecule has 4 aromatic rings. The second kappa shape index (κ2) is 6.77. The number of benzene rings is 3. The van der Waals surface area contributed by atoms with E-state index >= 15 is 0 Å². The fourth-order valence-corrected chi connectivity index (χ4v) is 3.95. The molecule has 0 atom stereocenters. The van der Waals surface area contributed by atoms with Gasteiger partial charge in [0, 0.05) is 21.3 Å². The zero-order valence-electron chi connectivity index (χ0n) is 14.7. The highest BCUT2D eigenvalue weighted by molar-refractivity contribution is 7.17. The molecule has 0 saturated carbocycles. The lowest BCUT2D eigenvalue weighted by Crippen LogP contribution is -2.12. The molecule has 3 aromatic carbocycles. The number of amides is 1. The molecule has 26 heavy (non-hydrogen) atoms. The lowest BCUT2D eigenvalue weighted by molar-refractivity contribution is 0.102. The number of anilines is 1. The molecule has 0 aliphatic heterocycles. The molecular weight excluding hydrogens is 338 g/mol. The van der Waals surface area contributed by atoms with E-state index in [1.807, 2.05) is 43.3 Å². The monoisotopic (exact) mass is 357 g/mol. The normalized spacial score (nSPS) is 10.8. The quantitative estimate of drug-likeness (QED) is 0.449. The molecule has 1 N–H and O–H groups in total. The van der Waals surface area contributed by atoms with Crippen molar-refractivity contribution in [1.82, 2.24) is 0 Å². The topological polar surface area (TPSA) is 29.1 Å². The summed E-state index contributed by atoms with van der Waals surface area (Å²) in [4.78, 5) is 12.8. The summed E-state index contributed by atoms with van der Waals surface area (Å²) in [5.74, 6) is -0.0840. The van der Waals surface area contributed by atoms with Crippen LogP contribution < -0.4 is 5.32 Å². The Morgan fingerprint density at radius 3 is 2.46 bits per heavy atom. The number of rotatable bonds is 3. The number of hydrogen-bond acceptors (Lipinski definition) is 2. The summed E-state index contributed by atoms with van der Waals surface area (Å²) in [7, 11) is 0. The van der Waals surface area contributed by atoms with Crippen LogP contribution in [-0.4, -0.2) is 5.91 Å². The van der Waals surface area contributed by atoms with Crippen LogP contribution in [0.5, 0.6) is 0 Å². The minimum absolute atomic E-state index is 0.0840. The van der Waals surface area contributed by atoms with Crippen molar-refractivity contribution in [1.29, 1.82) is 0 Å². The predicted octanol–water partition coefficient (Wildman–Crippen LogP) is 6.44. The summed E-state index contributed by atoms with van der Waals surface area (Å²) in [5.41, 5.74) is 6.07. The van der Waals surface area contributed by atoms with Crippen LogP contribution in [0.4, 0.5) is 5.69 Å². The molecule has 0 radical (unpaired) electrons. The Balaban J connectivity index is 1.76. The van der Waals surface area contributed by atoms with E-state index < -0.39 is 0 Å². The van der Waals surface area contributed by atoms with Crippen LogP contribution in [0.15, 0.2) is 72.1 Å². The van der Waals surface area contributed by atoms with Gasteiger partial charge in [-0.25, -0.2) is 0 Å². The Morgan fingerprint density at radius 2 is 1.69 bits per heavy atom. The van der Waals surface area contributed by atoms with Crippen LogP contribution in [0.3, 0.4) is 0 Å². The van der Waals surface area contributed by atoms with Crippen molar-refractivity contribution in [2.24, 2.45) is 0 Å². The van der Waals surface area contributed by atoms with E-state index in [2.05, 4.69) is 48.0 Å². The van der Waals surface area contributed by atoms with Crippen LogP contribution in [-0.2, 0) is 0 Å². The molecule has 0 spiro atoms.